The van der Waals surface area contributed by atoms with Gasteiger partial charge in [-0.3, -0.25) is 0 Å². The Balaban J connectivity index is 1.59. The summed E-state index contributed by atoms with van der Waals surface area (Å²) < 4.78 is 63.3. The van der Waals surface area contributed by atoms with E-state index in [4.69, 9.17) is 9.47 Å². The topological polar surface area (TPSA) is 105 Å². The van der Waals surface area contributed by atoms with E-state index < -0.39 is 20.0 Å². The molecule has 0 amide bonds. The molecule has 3 rings (SSSR count). The Morgan fingerprint density at radius 3 is 2.44 bits per heavy atom. The number of fused-ring (bicyclic) bond motifs is 1. The van der Waals surface area contributed by atoms with Crippen molar-refractivity contribution in [2.24, 2.45) is 0 Å². The first-order valence-corrected chi connectivity index (χ1v) is 10.9. The van der Waals surface area contributed by atoms with E-state index >= 15 is 0 Å². The summed E-state index contributed by atoms with van der Waals surface area (Å²) in [4.78, 5) is 2.06. The van der Waals surface area contributed by atoms with Gasteiger partial charge >= 0.3 is 0 Å². The maximum atomic E-state index is 12.3. The summed E-state index contributed by atoms with van der Waals surface area (Å²) in [5.74, 6) is 0.560. The Morgan fingerprint density at radius 1 is 1.04 bits per heavy atom. The monoisotopic (exact) mass is 391 g/mol. The van der Waals surface area contributed by atoms with E-state index in [2.05, 4.69) is 4.72 Å². The minimum Gasteiger partial charge on any atom is -0.454 e. The molecule has 0 aromatic heterocycles. The van der Waals surface area contributed by atoms with E-state index in [9.17, 15) is 16.8 Å². The Bertz CT molecular complexity index is 832. The number of hydrogen-bond acceptors (Lipinski definition) is 7. The number of sulfonamides is 2. The highest BCUT2D eigenvalue weighted by atomic mass is 32.2. The van der Waals surface area contributed by atoms with Crippen molar-refractivity contribution in [3.05, 3.63) is 18.2 Å². The molecular formula is C14H21N3O6S2. The number of hydrogen-bond donors (Lipinski definition) is 1. The molecule has 2 aliphatic heterocycles. The molecule has 1 saturated heterocycles. The highest BCUT2D eigenvalue weighted by Crippen LogP contribution is 2.33. The van der Waals surface area contributed by atoms with Crippen molar-refractivity contribution in [1.82, 2.24) is 13.9 Å². The van der Waals surface area contributed by atoms with Gasteiger partial charge in [-0.1, -0.05) is 0 Å². The SMILES string of the molecule is CN1CCN(S(=O)(=O)CCNS(=O)(=O)c2ccc3c(c2)OCO3)CC1. The van der Waals surface area contributed by atoms with Crippen LogP contribution in [0.1, 0.15) is 0 Å². The smallest absolute Gasteiger partial charge is 0.240 e. The van der Waals surface area contributed by atoms with E-state index in [0.717, 1.165) is 0 Å². The van der Waals surface area contributed by atoms with Crippen LogP contribution < -0.4 is 14.2 Å². The zero-order valence-electron chi connectivity index (χ0n) is 13.8. The molecule has 2 aliphatic rings. The predicted octanol–water partition coefficient (Wildman–Crippen LogP) is -0.729. The summed E-state index contributed by atoms with van der Waals surface area (Å²) in [6.07, 6.45) is 0. The highest BCUT2D eigenvalue weighted by Gasteiger charge is 2.26. The third-order valence-electron chi connectivity index (χ3n) is 4.16. The fourth-order valence-electron chi connectivity index (χ4n) is 2.63. The number of piperazine rings is 1. The van der Waals surface area contributed by atoms with Gasteiger partial charge in [0.2, 0.25) is 26.8 Å². The molecule has 0 radical (unpaired) electrons. The molecule has 140 valence electrons. The van der Waals surface area contributed by atoms with Crippen molar-refractivity contribution in [2.75, 3.05) is 52.3 Å². The molecule has 1 aromatic carbocycles. The third kappa shape index (κ3) is 4.23. The molecule has 0 aliphatic carbocycles. The Labute approximate surface area is 147 Å². The molecule has 1 fully saturated rings. The van der Waals surface area contributed by atoms with E-state index in [1.165, 1.54) is 22.5 Å². The second-order valence-electron chi connectivity index (χ2n) is 5.93. The molecule has 0 unspecified atom stereocenters. The van der Waals surface area contributed by atoms with Gasteiger partial charge in [0.15, 0.2) is 11.5 Å². The van der Waals surface area contributed by atoms with Crippen LogP contribution in [0.3, 0.4) is 0 Å². The van der Waals surface area contributed by atoms with Gasteiger partial charge in [0.1, 0.15) is 0 Å². The van der Waals surface area contributed by atoms with Crippen molar-refractivity contribution >= 4 is 20.0 Å². The number of nitrogens with zero attached hydrogens (tertiary/aromatic N) is 2. The van der Waals surface area contributed by atoms with Gasteiger partial charge in [0.05, 0.1) is 10.6 Å². The van der Waals surface area contributed by atoms with Gasteiger partial charge in [0, 0.05) is 38.8 Å². The van der Waals surface area contributed by atoms with Crippen LogP contribution >= 0.6 is 0 Å². The van der Waals surface area contributed by atoms with Crippen LogP contribution in [0.4, 0.5) is 0 Å². The van der Waals surface area contributed by atoms with E-state index in [1.807, 2.05) is 11.9 Å². The van der Waals surface area contributed by atoms with Crippen molar-refractivity contribution in [2.45, 2.75) is 4.90 Å². The fourth-order valence-corrected chi connectivity index (χ4v) is 5.14. The summed E-state index contributed by atoms with van der Waals surface area (Å²) in [7, 11) is -5.37. The molecule has 0 saturated carbocycles. The molecule has 1 N–H and O–H groups in total. The van der Waals surface area contributed by atoms with Crippen LogP contribution in [-0.2, 0) is 20.0 Å². The van der Waals surface area contributed by atoms with Crippen molar-refractivity contribution < 1.29 is 26.3 Å². The number of nitrogens with one attached hydrogen (secondary N) is 1. The van der Waals surface area contributed by atoms with Crippen molar-refractivity contribution in [1.29, 1.82) is 0 Å². The molecule has 0 spiro atoms. The highest BCUT2D eigenvalue weighted by molar-refractivity contribution is 7.90. The van der Waals surface area contributed by atoms with Crippen LogP contribution in [-0.4, -0.2) is 78.4 Å². The first-order valence-electron chi connectivity index (χ1n) is 7.84. The van der Waals surface area contributed by atoms with E-state index in [-0.39, 0.29) is 24.0 Å². The van der Waals surface area contributed by atoms with Gasteiger partial charge < -0.3 is 14.4 Å². The largest absolute Gasteiger partial charge is 0.454 e. The molecule has 25 heavy (non-hydrogen) atoms. The van der Waals surface area contributed by atoms with E-state index in [1.54, 1.807) is 0 Å². The quantitative estimate of drug-likeness (QED) is 0.682. The molecule has 0 atom stereocenters. The number of ether oxygens (including phenoxy) is 2. The standard InChI is InChI=1S/C14H21N3O6S2/c1-16-5-7-17(8-6-16)24(18,19)9-4-15-25(20,21)12-2-3-13-14(10-12)23-11-22-13/h2-3,10,15H,4-9,11H2,1H3. The molecule has 2 heterocycles. The van der Waals surface area contributed by atoms with Crippen LogP contribution in [0.15, 0.2) is 23.1 Å². The Morgan fingerprint density at radius 2 is 1.72 bits per heavy atom. The predicted molar refractivity (Wildman–Crippen MR) is 90.6 cm³/mol. The van der Waals surface area contributed by atoms with Gasteiger partial charge in [0.25, 0.3) is 0 Å². The van der Waals surface area contributed by atoms with Crippen molar-refractivity contribution in [3.63, 3.8) is 0 Å². The van der Waals surface area contributed by atoms with Gasteiger partial charge in [-0.2, -0.15) is 4.31 Å². The van der Waals surface area contributed by atoms with Crippen LogP contribution in [0.2, 0.25) is 0 Å². The van der Waals surface area contributed by atoms with Crippen LogP contribution in [0, 0.1) is 0 Å². The molecule has 9 nitrogen and oxygen atoms in total. The second kappa shape index (κ2) is 7.08. The number of likely N-dealkylation sites (N-methyl/N-ethyl adjacent to an activating group) is 1. The minimum atomic E-state index is -3.82. The molecular weight excluding hydrogens is 370 g/mol. The van der Waals surface area contributed by atoms with Crippen molar-refractivity contribution in [3.8, 4) is 11.5 Å². The van der Waals surface area contributed by atoms with Gasteiger partial charge in [-0.25, -0.2) is 21.6 Å². The molecule has 0 bridgehead atoms. The van der Waals surface area contributed by atoms with Gasteiger partial charge in [-0.15, -0.1) is 0 Å². The molecule has 1 aromatic rings. The lowest BCUT2D eigenvalue weighted by molar-refractivity contribution is 0.174. The van der Waals surface area contributed by atoms with Gasteiger partial charge in [-0.05, 0) is 19.2 Å². The lowest BCUT2D eigenvalue weighted by atomic mass is 10.3. The lowest BCUT2D eigenvalue weighted by Crippen LogP contribution is -2.48. The van der Waals surface area contributed by atoms with Crippen LogP contribution in [0.25, 0.3) is 0 Å². The summed E-state index contributed by atoms with van der Waals surface area (Å²) in [6.45, 7) is 2.05. The summed E-state index contributed by atoms with van der Waals surface area (Å²) in [6, 6.07) is 4.27. The molecule has 11 heteroatoms. The summed E-state index contributed by atoms with van der Waals surface area (Å²) in [5.41, 5.74) is 0. The maximum Gasteiger partial charge on any atom is 0.240 e. The Kier molecular flexibility index (Phi) is 5.21. The average Bonchev–Trinajstić information content (AvgIpc) is 3.02. The zero-order chi connectivity index (χ0) is 18.1. The maximum absolute atomic E-state index is 12.3. The number of benzene rings is 1. The summed E-state index contributed by atoms with van der Waals surface area (Å²) in [5, 5.41) is 0. The van der Waals surface area contributed by atoms with Crippen LogP contribution in [0.5, 0.6) is 11.5 Å². The zero-order valence-corrected chi connectivity index (χ0v) is 15.5. The average molecular weight is 391 g/mol. The van der Waals surface area contributed by atoms with E-state index in [0.29, 0.717) is 37.7 Å². The second-order valence-corrected chi connectivity index (χ2v) is 9.79. The fraction of sp³-hybridized carbons (Fsp3) is 0.571. The first-order chi connectivity index (χ1) is 11.8. The third-order valence-corrected chi connectivity index (χ3v) is 7.49. The minimum absolute atomic E-state index is 0.00810. The Hall–Kier alpha value is -1.40. The first kappa shape index (κ1) is 18.4. The lowest BCUT2D eigenvalue weighted by Gasteiger charge is -2.31. The summed E-state index contributed by atoms with van der Waals surface area (Å²) >= 11 is 0. The number of rotatable bonds is 6. The normalized spacial score (nSPS) is 19.2.